The van der Waals surface area contributed by atoms with Crippen molar-refractivity contribution in [2.45, 2.75) is 19.3 Å². The second-order valence-electron chi connectivity index (χ2n) is 5.89. The molecule has 1 N–H and O–H groups in total. The van der Waals surface area contributed by atoms with Crippen molar-refractivity contribution in [3.63, 3.8) is 0 Å². The summed E-state index contributed by atoms with van der Waals surface area (Å²) < 4.78 is 5.32. The fourth-order valence-corrected chi connectivity index (χ4v) is 3.11. The van der Waals surface area contributed by atoms with Gasteiger partial charge >= 0.3 is 0 Å². The van der Waals surface area contributed by atoms with Gasteiger partial charge in [0, 0.05) is 31.7 Å². The molecule has 0 spiro atoms. The van der Waals surface area contributed by atoms with Crippen molar-refractivity contribution in [3.05, 3.63) is 34.9 Å². The fraction of sp³-hybridized carbons (Fsp3) is 0.588. The normalized spacial score (nSPS) is 18.7. The van der Waals surface area contributed by atoms with Crippen LogP contribution in [0.15, 0.2) is 18.2 Å². The molecule has 0 amide bonds. The van der Waals surface area contributed by atoms with Crippen LogP contribution in [-0.2, 0) is 17.6 Å². The van der Waals surface area contributed by atoms with E-state index in [0.29, 0.717) is 6.54 Å². The lowest BCUT2D eigenvalue weighted by Gasteiger charge is -2.26. The van der Waals surface area contributed by atoms with Crippen LogP contribution in [0, 0.1) is 0 Å². The number of morpholine rings is 1. The summed E-state index contributed by atoms with van der Waals surface area (Å²) in [5.41, 5.74) is 3.65. The molecule has 114 valence electrons. The van der Waals surface area contributed by atoms with Gasteiger partial charge in [-0.3, -0.25) is 9.69 Å². The molecule has 1 heterocycles. The second kappa shape index (κ2) is 7.16. The third-order valence-electron chi connectivity index (χ3n) is 4.41. The third-order valence-corrected chi connectivity index (χ3v) is 4.41. The fourth-order valence-electron chi connectivity index (χ4n) is 3.11. The summed E-state index contributed by atoms with van der Waals surface area (Å²) in [6.07, 6.45) is 3.52. The smallest absolute Gasteiger partial charge is 0.176 e. The minimum absolute atomic E-state index is 0.201. The molecular formula is C17H24N2O2. The Hall–Kier alpha value is -1.23. The maximum Gasteiger partial charge on any atom is 0.176 e. The number of hydrogen-bond donors (Lipinski definition) is 1. The Morgan fingerprint density at radius 2 is 2.00 bits per heavy atom. The molecule has 1 aromatic carbocycles. The highest BCUT2D eigenvalue weighted by Crippen LogP contribution is 2.22. The van der Waals surface area contributed by atoms with E-state index in [2.05, 4.69) is 22.3 Å². The average molecular weight is 288 g/mol. The third kappa shape index (κ3) is 3.90. The number of benzene rings is 1. The van der Waals surface area contributed by atoms with Crippen LogP contribution in [0.5, 0.6) is 0 Å². The minimum Gasteiger partial charge on any atom is -0.379 e. The van der Waals surface area contributed by atoms with Crippen LogP contribution in [-0.4, -0.2) is 56.6 Å². The lowest BCUT2D eigenvalue weighted by molar-refractivity contribution is 0.0384. The standard InChI is InChI=1S/C17H24N2O2/c20-17(13-18-6-7-19-8-10-21-11-9-19)16-5-4-14-2-1-3-15(14)12-16/h4-5,12,18H,1-3,6-11,13H2. The number of fused-ring (bicyclic) bond motifs is 1. The van der Waals surface area contributed by atoms with Crippen LogP contribution >= 0.6 is 0 Å². The first-order valence-electron chi connectivity index (χ1n) is 7.99. The van der Waals surface area contributed by atoms with E-state index >= 15 is 0 Å². The molecule has 2 aliphatic rings. The van der Waals surface area contributed by atoms with Crippen molar-refractivity contribution in [2.75, 3.05) is 45.9 Å². The van der Waals surface area contributed by atoms with E-state index in [1.54, 1.807) is 0 Å². The van der Waals surface area contributed by atoms with Gasteiger partial charge in [0.15, 0.2) is 5.78 Å². The zero-order valence-corrected chi connectivity index (χ0v) is 12.6. The van der Waals surface area contributed by atoms with E-state index in [1.165, 1.54) is 24.0 Å². The predicted octanol–water partition coefficient (Wildman–Crippen LogP) is 1.28. The summed E-state index contributed by atoms with van der Waals surface area (Å²) in [6, 6.07) is 6.20. The number of Topliss-reactive ketones (excluding diaryl/α,β-unsaturated/α-hetero) is 1. The monoisotopic (exact) mass is 288 g/mol. The zero-order chi connectivity index (χ0) is 14.5. The highest BCUT2D eigenvalue weighted by molar-refractivity contribution is 5.97. The molecular weight excluding hydrogens is 264 g/mol. The van der Waals surface area contributed by atoms with Crippen LogP contribution in [0.4, 0.5) is 0 Å². The maximum atomic E-state index is 12.2. The van der Waals surface area contributed by atoms with Crippen molar-refractivity contribution in [2.24, 2.45) is 0 Å². The Labute approximate surface area is 126 Å². The molecule has 0 radical (unpaired) electrons. The first kappa shape index (κ1) is 14.7. The van der Waals surface area contributed by atoms with Crippen molar-refractivity contribution >= 4 is 5.78 Å². The summed E-state index contributed by atoms with van der Waals surface area (Å²) >= 11 is 0. The van der Waals surface area contributed by atoms with Gasteiger partial charge in [-0.1, -0.05) is 12.1 Å². The Morgan fingerprint density at radius 1 is 1.19 bits per heavy atom. The van der Waals surface area contributed by atoms with Gasteiger partial charge in [-0.25, -0.2) is 0 Å². The first-order valence-corrected chi connectivity index (χ1v) is 7.99. The minimum atomic E-state index is 0.201. The number of carbonyl (C=O) groups is 1. The number of rotatable bonds is 6. The molecule has 1 aliphatic carbocycles. The first-order chi connectivity index (χ1) is 10.3. The average Bonchev–Trinajstić information content (AvgIpc) is 3.00. The van der Waals surface area contributed by atoms with Crippen molar-refractivity contribution in [3.8, 4) is 0 Å². The van der Waals surface area contributed by atoms with E-state index in [-0.39, 0.29) is 5.78 Å². The second-order valence-corrected chi connectivity index (χ2v) is 5.89. The molecule has 1 fully saturated rings. The summed E-state index contributed by atoms with van der Waals surface area (Å²) in [7, 11) is 0. The number of ketones is 1. The molecule has 0 bridgehead atoms. The molecule has 0 saturated carbocycles. The van der Waals surface area contributed by atoms with Gasteiger partial charge in [-0.15, -0.1) is 0 Å². The number of aryl methyl sites for hydroxylation is 2. The molecule has 1 aliphatic heterocycles. The van der Waals surface area contributed by atoms with Gasteiger partial charge in [0.1, 0.15) is 0 Å². The lowest BCUT2D eigenvalue weighted by Crippen LogP contribution is -2.41. The van der Waals surface area contributed by atoms with Crippen LogP contribution in [0.3, 0.4) is 0 Å². The number of nitrogens with zero attached hydrogens (tertiary/aromatic N) is 1. The number of hydrogen-bond acceptors (Lipinski definition) is 4. The van der Waals surface area contributed by atoms with Gasteiger partial charge in [0.25, 0.3) is 0 Å². The van der Waals surface area contributed by atoms with E-state index in [4.69, 9.17) is 4.74 Å². The van der Waals surface area contributed by atoms with Crippen molar-refractivity contribution in [1.82, 2.24) is 10.2 Å². The lowest BCUT2D eigenvalue weighted by atomic mass is 10.0. The van der Waals surface area contributed by atoms with Gasteiger partial charge in [0.05, 0.1) is 19.8 Å². The molecule has 0 unspecified atom stereocenters. The van der Waals surface area contributed by atoms with E-state index in [1.807, 2.05) is 6.07 Å². The quantitative estimate of drug-likeness (QED) is 0.632. The number of nitrogens with one attached hydrogen (secondary N) is 1. The largest absolute Gasteiger partial charge is 0.379 e. The summed E-state index contributed by atoms with van der Waals surface area (Å²) in [4.78, 5) is 14.6. The zero-order valence-electron chi connectivity index (χ0n) is 12.6. The van der Waals surface area contributed by atoms with E-state index < -0.39 is 0 Å². The Kier molecular flexibility index (Phi) is 5.01. The Morgan fingerprint density at radius 3 is 2.86 bits per heavy atom. The Balaban J connectivity index is 1.41. The van der Waals surface area contributed by atoms with Crippen molar-refractivity contribution < 1.29 is 9.53 Å². The number of carbonyl (C=O) groups excluding carboxylic acids is 1. The maximum absolute atomic E-state index is 12.2. The summed E-state index contributed by atoms with van der Waals surface area (Å²) in [5.74, 6) is 0.201. The van der Waals surface area contributed by atoms with Crippen LogP contribution in [0.1, 0.15) is 27.9 Å². The summed E-state index contributed by atoms with van der Waals surface area (Å²) in [5, 5.41) is 3.27. The van der Waals surface area contributed by atoms with Gasteiger partial charge < -0.3 is 10.1 Å². The molecule has 3 rings (SSSR count). The molecule has 1 saturated heterocycles. The van der Waals surface area contributed by atoms with Gasteiger partial charge in [-0.2, -0.15) is 0 Å². The molecule has 4 heteroatoms. The highest BCUT2D eigenvalue weighted by atomic mass is 16.5. The molecule has 21 heavy (non-hydrogen) atoms. The molecule has 1 aromatic rings. The number of ether oxygens (including phenoxy) is 1. The SMILES string of the molecule is O=C(CNCCN1CCOCC1)c1ccc2c(c1)CCC2. The Bertz CT molecular complexity index is 496. The van der Waals surface area contributed by atoms with E-state index in [9.17, 15) is 4.79 Å². The van der Waals surface area contributed by atoms with Crippen LogP contribution < -0.4 is 5.32 Å². The summed E-state index contributed by atoms with van der Waals surface area (Å²) in [6.45, 7) is 5.93. The van der Waals surface area contributed by atoms with E-state index in [0.717, 1.165) is 51.4 Å². The molecule has 0 aromatic heterocycles. The molecule has 0 atom stereocenters. The predicted molar refractivity (Wildman–Crippen MR) is 82.9 cm³/mol. The van der Waals surface area contributed by atoms with Gasteiger partial charge in [-0.05, 0) is 36.5 Å². The van der Waals surface area contributed by atoms with Crippen molar-refractivity contribution in [1.29, 1.82) is 0 Å². The van der Waals surface area contributed by atoms with Crippen LogP contribution in [0.2, 0.25) is 0 Å². The van der Waals surface area contributed by atoms with Crippen LogP contribution in [0.25, 0.3) is 0 Å². The topological polar surface area (TPSA) is 41.6 Å². The highest BCUT2D eigenvalue weighted by Gasteiger charge is 2.14. The molecule has 4 nitrogen and oxygen atoms in total. The van der Waals surface area contributed by atoms with Gasteiger partial charge in [0.2, 0.25) is 0 Å².